The molecule has 96 valence electrons. The number of hydrogen-bond acceptors (Lipinski definition) is 2. The largest absolute Gasteiger partial charge is 0.478 e. The van der Waals surface area contributed by atoms with Gasteiger partial charge in [-0.15, -0.1) is 0 Å². The Morgan fingerprint density at radius 3 is 2.41 bits per heavy atom. The van der Waals surface area contributed by atoms with Gasteiger partial charge in [0.2, 0.25) is 0 Å². The molecule has 8 heteroatoms. The summed E-state index contributed by atoms with van der Waals surface area (Å²) >= 11 is 5.62. The van der Waals surface area contributed by atoms with Crippen molar-refractivity contribution in [2.45, 2.75) is 32.5 Å². The van der Waals surface area contributed by atoms with Gasteiger partial charge in [-0.25, -0.2) is 9.48 Å². The summed E-state index contributed by atoms with van der Waals surface area (Å²) in [5, 5.41) is 11.5. The van der Waals surface area contributed by atoms with Crippen LogP contribution in [0.3, 0.4) is 0 Å². The smallest absolute Gasteiger partial charge is 0.436 e. The molecule has 0 saturated carbocycles. The highest BCUT2D eigenvalue weighted by atomic mass is 35.5. The minimum Gasteiger partial charge on any atom is -0.478 e. The molecule has 0 fully saturated rings. The van der Waals surface area contributed by atoms with Crippen molar-refractivity contribution in [1.29, 1.82) is 0 Å². The van der Waals surface area contributed by atoms with E-state index in [1.165, 1.54) is 0 Å². The van der Waals surface area contributed by atoms with Gasteiger partial charge < -0.3 is 5.11 Å². The molecular formula is C9H10ClF3N2O2. The molecule has 0 aromatic carbocycles. The number of carboxylic acid groups (broad SMARTS) is 1. The molecule has 1 N–H and O–H groups in total. The summed E-state index contributed by atoms with van der Waals surface area (Å²) in [5.41, 5.74) is -2.46. The van der Waals surface area contributed by atoms with Crippen LogP contribution >= 0.6 is 11.6 Å². The molecule has 1 heterocycles. The van der Waals surface area contributed by atoms with Gasteiger partial charge in [-0.05, 0) is 13.3 Å². The number of carbonyl (C=O) groups is 1. The number of alkyl halides is 3. The average molecular weight is 271 g/mol. The SMILES string of the molecule is CCC(C)n1nc(C(F)(F)F)c(C(=O)O)c1Cl. The fraction of sp³-hybridized carbons (Fsp3) is 0.556. The monoisotopic (exact) mass is 270 g/mol. The Balaban J connectivity index is 3.46. The van der Waals surface area contributed by atoms with Crippen molar-refractivity contribution >= 4 is 17.6 Å². The second-order valence-corrected chi connectivity index (χ2v) is 3.88. The van der Waals surface area contributed by atoms with E-state index in [0.717, 1.165) is 4.68 Å². The van der Waals surface area contributed by atoms with Gasteiger partial charge in [-0.2, -0.15) is 18.3 Å². The molecule has 0 radical (unpaired) electrons. The first kappa shape index (κ1) is 13.8. The molecule has 0 aliphatic heterocycles. The van der Waals surface area contributed by atoms with Gasteiger partial charge in [0.05, 0.1) is 6.04 Å². The molecule has 0 spiro atoms. The predicted molar refractivity (Wildman–Crippen MR) is 54.2 cm³/mol. The van der Waals surface area contributed by atoms with E-state index in [4.69, 9.17) is 16.7 Å². The molecular weight excluding hydrogens is 261 g/mol. The van der Waals surface area contributed by atoms with Gasteiger partial charge >= 0.3 is 12.1 Å². The van der Waals surface area contributed by atoms with Gasteiger partial charge in [-0.3, -0.25) is 0 Å². The Bertz CT molecular complexity index is 442. The molecule has 1 atom stereocenters. The van der Waals surface area contributed by atoms with Crippen LogP contribution in [0.25, 0.3) is 0 Å². The standard InChI is InChI=1S/C9H10ClF3N2O2/c1-3-4(2)15-7(10)5(8(16)17)6(14-15)9(11,12)13/h4H,3H2,1-2H3,(H,16,17). The van der Waals surface area contributed by atoms with Crippen molar-refractivity contribution < 1.29 is 23.1 Å². The van der Waals surface area contributed by atoms with Crippen LogP contribution in [0.4, 0.5) is 13.2 Å². The lowest BCUT2D eigenvalue weighted by Gasteiger charge is -2.09. The minimum absolute atomic E-state index is 0.406. The van der Waals surface area contributed by atoms with Crippen LogP contribution < -0.4 is 0 Å². The van der Waals surface area contributed by atoms with Gasteiger partial charge in [0.1, 0.15) is 10.7 Å². The minimum atomic E-state index is -4.84. The second kappa shape index (κ2) is 4.56. The lowest BCUT2D eigenvalue weighted by molar-refractivity contribution is -0.142. The van der Waals surface area contributed by atoms with E-state index in [9.17, 15) is 18.0 Å². The van der Waals surface area contributed by atoms with Gasteiger partial charge in [0.15, 0.2) is 5.69 Å². The Morgan fingerprint density at radius 2 is 2.12 bits per heavy atom. The topological polar surface area (TPSA) is 55.1 Å². The van der Waals surface area contributed by atoms with Crippen LogP contribution in [0.2, 0.25) is 5.15 Å². The van der Waals surface area contributed by atoms with E-state index in [-0.39, 0.29) is 0 Å². The quantitative estimate of drug-likeness (QED) is 0.917. The number of carboxylic acids is 1. The van der Waals surface area contributed by atoms with E-state index in [1.807, 2.05) is 0 Å². The molecule has 0 aliphatic carbocycles. The highest BCUT2D eigenvalue weighted by Crippen LogP contribution is 2.35. The Labute approximate surface area is 100.0 Å². The number of hydrogen-bond donors (Lipinski definition) is 1. The third-order valence-electron chi connectivity index (χ3n) is 2.34. The molecule has 4 nitrogen and oxygen atoms in total. The average Bonchev–Trinajstić information content (AvgIpc) is 2.54. The van der Waals surface area contributed by atoms with Crippen molar-refractivity contribution in [3.8, 4) is 0 Å². The lowest BCUT2D eigenvalue weighted by atomic mass is 10.2. The molecule has 0 amide bonds. The van der Waals surface area contributed by atoms with Gasteiger partial charge in [-0.1, -0.05) is 18.5 Å². The second-order valence-electron chi connectivity index (χ2n) is 3.52. The van der Waals surface area contributed by atoms with E-state index < -0.39 is 34.6 Å². The summed E-state index contributed by atoms with van der Waals surface area (Å²) in [4.78, 5) is 10.8. The van der Waals surface area contributed by atoms with E-state index >= 15 is 0 Å². The molecule has 1 rings (SSSR count). The summed E-state index contributed by atoms with van der Waals surface area (Å²) in [6, 6.07) is -0.406. The zero-order valence-corrected chi connectivity index (χ0v) is 9.80. The van der Waals surface area contributed by atoms with Crippen molar-refractivity contribution in [2.24, 2.45) is 0 Å². The Morgan fingerprint density at radius 1 is 1.59 bits per heavy atom. The van der Waals surface area contributed by atoms with Crippen molar-refractivity contribution in [1.82, 2.24) is 9.78 Å². The molecule has 0 aliphatic rings. The first-order valence-electron chi connectivity index (χ1n) is 4.78. The van der Waals surface area contributed by atoms with Crippen LogP contribution in [-0.4, -0.2) is 20.9 Å². The van der Waals surface area contributed by atoms with Gasteiger partial charge in [0, 0.05) is 0 Å². The fourth-order valence-corrected chi connectivity index (χ4v) is 1.64. The van der Waals surface area contributed by atoms with Gasteiger partial charge in [0.25, 0.3) is 0 Å². The highest BCUT2D eigenvalue weighted by Gasteiger charge is 2.41. The molecule has 1 aromatic heterocycles. The van der Waals surface area contributed by atoms with Crippen molar-refractivity contribution in [3.05, 3.63) is 16.4 Å². The maximum atomic E-state index is 12.6. The summed E-state index contributed by atoms with van der Waals surface area (Å²) in [6.45, 7) is 3.33. The molecule has 0 bridgehead atoms. The van der Waals surface area contributed by atoms with Crippen LogP contribution in [-0.2, 0) is 6.18 Å². The maximum absolute atomic E-state index is 12.6. The summed E-state index contributed by atoms with van der Waals surface area (Å²) in [5.74, 6) is -1.74. The van der Waals surface area contributed by atoms with Crippen LogP contribution in [0.15, 0.2) is 0 Å². The summed E-state index contributed by atoms with van der Waals surface area (Å²) < 4.78 is 38.6. The summed E-state index contributed by atoms with van der Waals surface area (Å²) in [7, 11) is 0. The Kier molecular flexibility index (Phi) is 3.71. The Hall–Kier alpha value is -1.24. The molecule has 1 unspecified atom stereocenters. The summed E-state index contributed by atoms with van der Waals surface area (Å²) in [6.07, 6.45) is -4.35. The normalized spacial score (nSPS) is 13.8. The number of nitrogens with zero attached hydrogens (tertiary/aromatic N) is 2. The van der Waals surface area contributed by atoms with Crippen LogP contribution in [0.5, 0.6) is 0 Å². The van der Waals surface area contributed by atoms with Crippen molar-refractivity contribution in [3.63, 3.8) is 0 Å². The lowest BCUT2D eigenvalue weighted by Crippen LogP contribution is -2.12. The predicted octanol–water partition coefficient (Wildman–Crippen LogP) is 3.22. The first-order chi connectivity index (χ1) is 7.70. The third kappa shape index (κ3) is 2.54. The molecule has 1 aromatic rings. The fourth-order valence-electron chi connectivity index (χ4n) is 1.27. The highest BCUT2D eigenvalue weighted by molar-refractivity contribution is 6.32. The number of halogens is 4. The van der Waals surface area contributed by atoms with Crippen LogP contribution in [0, 0.1) is 0 Å². The number of rotatable bonds is 3. The van der Waals surface area contributed by atoms with E-state index in [2.05, 4.69) is 5.10 Å². The molecule has 17 heavy (non-hydrogen) atoms. The zero-order valence-electron chi connectivity index (χ0n) is 9.05. The van der Waals surface area contributed by atoms with E-state index in [0.29, 0.717) is 6.42 Å². The molecule has 0 saturated heterocycles. The number of aromatic nitrogens is 2. The van der Waals surface area contributed by atoms with E-state index in [1.54, 1.807) is 13.8 Å². The first-order valence-corrected chi connectivity index (χ1v) is 5.16. The third-order valence-corrected chi connectivity index (χ3v) is 2.70. The maximum Gasteiger partial charge on any atom is 0.436 e. The zero-order chi connectivity index (χ0) is 13.4. The van der Waals surface area contributed by atoms with Crippen molar-refractivity contribution in [2.75, 3.05) is 0 Å². The number of aromatic carboxylic acids is 1. The van der Waals surface area contributed by atoms with Crippen LogP contribution in [0.1, 0.15) is 42.4 Å².